The second kappa shape index (κ2) is 6.71. The van der Waals surface area contributed by atoms with Gasteiger partial charge in [0.15, 0.2) is 0 Å². The molecule has 2 rings (SSSR count). The molecule has 1 saturated heterocycles. The summed E-state index contributed by atoms with van der Waals surface area (Å²) in [5, 5.41) is 2.68. The number of hydrogen-bond donors (Lipinski definition) is 1. The Morgan fingerprint density at radius 2 is 1.61 bits per heavy atom. The summed E-state index contributed by atoms with van der Waals surface area (Å²) < 4.78 is 5.58. The van der Waals surface area contributed by atoms with Crippen LogP contribution in [0.25, 0.3) is 0 Å². The van der Waals surface area contributed by atoms with Crippen molar-refractivity contribution in [2.75, 3.05) is 18.4 Å². The molecule has 0 saturated carbocycles. The maximum atomic E-state index is 12.3. The van der Waals surface area contributed by atoms with Gasteiger partial charge in [0.1, 0.15) is 0 Å². The van der Waals surface area contributed by atoms with Gasteiger partial charge in [0.05, 0.1) is 12.2 Å². The number of amides is 2. The van der Waals surface area contributed by atoms with Crippen LogP contribution in [-0.2, 0) is 19.7 Å². The van der Waals surface area contributed by atoms with Crippen LogP contribution in [0.3, 0.4) is 0 Å². The summed E-state index contributed by atoms with van der Waals surface area (Å²) in [6.07, 6.45) is -0.108. The van der Waals surface area contributed by atoms with E-state index >= 15 is 0 Å². The van der Waals surface area contributed by atoms with E-state index in [0.29, 0.717) is 18.8 Å². The van der Waals surface area contributed by atoms with Crippen molar-refractivity contribution in [2.24, 2.45) is 0 Å². The van der Waals surface area contributed by atoms with Crippen molar-refractivity contribution in [3.8, 4) is 0 Å². The van der Waals surface area contributed by atoms with Crippen molar-refractivity contribution in [2.45, 2.75) is 52.2 Å². The Morgan fingerprint density at radius 1 is 1.09 bits per heavy atom. The normalized spacial score (nSPS) is 21.9. The number of benzene rings is 1. The zero-order valence-electron chi connectivity index (χ0n) is 14.6. The van der Waals surface area contributed by atoms with Crippen molar-refractivity contribution >= 4 is 17.5 Å². The van der Waals surface area contributed by atoms with Crippen LogP contribution in [0.1, 0.15) is 40.2 Å². The molecule has 1 aromatic rings. The minimum absolute atomic E-state index is 0.0540. The van der Waals surface area contributed by atoms with E-state index in [0.717, 1.165) is 0 Å². The molecule has 126 valence electrons. The van der Waals surface area contributed by atoms with Gasteiger partial charge in [-0.2, -0.15) is 0 Å². The van der Waals surface area contributed by atoms with Crippen LogP contribution in [0.5, 0.6) is 0 Å². The smallest absolute Gasteiger partial charge is 0.313 e. The Kier molecular flexibility index (Phi) is 5.09. The van der Waals surface area contributed by atoms with Crippen molar-refractivity contribution in [1.29, 1.82) is 0 Å². The minimum atomic E-state index is -0.602. The van der Waals surface area contributed by atoms with Gasteiger partial charge in [0.25, 0.3) is 0 Å². The molecular formula is C18H26N2O3. The summed E-state index contributed by atoms with van der Waals surface area (Å²) in [6, 6.07) is 7.60. The topological polar surface area (TPSA) is 58.6 Å². The van der Waals surface area contributed by atoms with Gasteiger partial charge >= 0.3 is 11.8 Å². The molecule has 1 N–H and O–H groups in total. The highest BCUT2D eigenvalue weighted by atomic mass is 16.5. The fraction of sp³-hybridized carbons (Fsp3) is 0.556. The summed E-state index contributed by atoms with van der Waals surface area (Å²) >= 11 is 0. The first-order valence-corrected chi connectivity index (χ1v) is 8.03. The van der Waals surface area contributed by atoms with Crippen LogP contribution in [0.4, 0.5) is 5.69 Å². The lowest BCUT2D eigenvalue weighted by Crippen LogP contribution is -2.51. The molecule has 1 fully saturated rings. The van der Waals surface area contributed by atoms with Crippen molar-refractivity contribution in [3.05, 3.63) is 29.8 Å². The average molecular weight is 318 g/mol. The van der Waals surface area contributed by atoms with E-state index in [1.54, 1.807) is 4.90 Å². The maximum Gasteiger partial charge on any atom is 0.313 e. The molecule has 5 heteroatoms. The van der Waals surface area contributed by atoms with E-state index in [4.69, 9.17) is 4.74 Å². The first kappa shape index (κ1) is 17.5. The van der Waals surface area contributed by atoms with Crippen LogP contribution in [0.2, 0.25) is 0 Å². The lowest BCUT2D eigenvalue weighted by atomic mass is 9.87. The fourth-order valence-electron chi connectivity index (χ4n) is 2.73. The predicted molar refractivity (Wildman–Crippen MR) is 90.4 cm³/mol. The van der Waals surface area contributed by atoms with E-state index < -0.39 is 11.8 Å². The third kappa shape index (κ3) is 4.55. The van der Waals surface area contributed by atoms with Crippen LogP contribution in [-0.4, -0.2) is 42.0 Å². The number of morpholine rings is 1. The standard InChI is InChI=1S/C18H26N2O3/c1-12-10-20(11-13(2)23-12)17(22)16(21)19-15-8-6-14(7-9-15)18(3,4)5/h6-9,12-13H,10-11H2,1-5H3,(H,19,21). The summed E-state index contributed by atoms with van der Waals surface area (Å²) in [5.74, 6) is -1.11. The number of nitrogens with zero attached hydrogens (tertiary/aromatic N) is 1. The van der Waals surface area contributed by atoms with Crippen molar-refractivity contribution < 1.29 is 14.3 Å². The molecule has 0 radical (unpaired) electrons. The van der Waals surface area contributed by atoms with Gasteiger partial charge in [0.2, 0.25) is 0 Å². The third-order valence-electron chi connectivity index (χ3n) is 3.91. The van der Waals surface area contributed by atoms with Gasteiger partial charge in [-0.1, -0.05) is 32.9 Å². The Bertz CT molecular complexity index is 565. The number of carbonyl (C=O) groups excluding carboxylic acids is 2. The van der Waals surface area contributed by atoms with E-state index in [-0.39, 0.29) is 17.6 Å². The minimum Gasteiger partial charge on any atom is -0.372 e. The third-order valence-corrected chi connectivity index (χ3v) is 3.91. The van der Waals surface area contributed by atoms with E-state index in [2.05, 4.69) is 26.1 Å². The Balaban J connectivity index is 1.99. The number of anilines is 1. The Hall–Kier alpha value is -1.88. The molecule has 1 aliphatic heterocycles. The first-order valence-electron chi connectivity index (χ1n) is 8.03. The first-order chi connectivity index (χ1) is 10.7. The van der Waals surface area contributed by atoms with Gasteiger partial charge in [-0.15, -0.1) is 0 Å². The quantitative estimate of drug-likeness (QED) is 0.810. The SMILES string of the molecule is CC1CN(C(=O)C(=O)Nc2ccc(C(C)(C)C)cc2)CC(C)O1. The van der Waals surface area contributed by atoms with Crippen molar-refractivity contribution in [1.82, 2.24) is 4.90 Å². The van der Waals surface area contributed by atoms with E-state index in [1.165, 1.54) is 5.56 Å². The monoisotopic (exact) mass is 318 g/mol. The highest BCUT2D eigenvalue weighted by Crippen LogP contribution is 2.23. The predicted octanol–water partition coefficient (Wildman–Crippen LogP) is 2.56. The highest BCUT2D eigenvalue weighted by Gasteiger charge is 2.29. The van der Waals surface area contributed by atoms with Gasteiger partial charge in [-0.3, -0.25) is 9.59 Å². The van der Waals surface area contributed by atoms with E-state index in [9.17, 15) is 9.59 Å². The lowest BCUT2D eigenvalue weighted by molar-refractivity contribution is -0.151. The second-order valence-corrected chi connectivity index (χ2v) is 7.25. The molecule has 0 spiro atoms. The molecule has 0 aromatic heterocycles. The summed E-state index contributed by atoms with van der Waals surface area (Å²) in [4.78, 5) is 26.0. The zero-order valence-corrected chi connectivity index (χ0v) is 14.6. The number of hydrogen-bond acceptors (Lipinski definition) is 3. The van der Waals surface area contributed by atoms with Crippen LogP contribution in [0.15, 0.2) is 24.3 Å². The number of ether oxygens (including phenoxy) is 1. The highest BCUT2D eigenvalue weighted by molar-refractivity contribution is 6.39. The largest absolute Gasteiger partial charge is 0.372 e. The molecule has 2 atom stereocenters. The molecule has 0 aliphatic carbocycles. The lowest BCUT2D eigenvalue weighted by Gasteiger charge is -2.34. The van der Waals surface area contributed by atoms with Crippen LogP contribution < -0.4 is 5.32 Å². The molecule has 0 bridgehead atoms. The maximum absolute atomic E-state index is 12.3. The molecule has 1 heterocycles. The van der Waals surface area contributed by atoms with Gasteiger partial charge in [-0.25, -0.2) is 0 Å². The van der Waals surface area contributed by atoms with E-state index in [1.807, 2.05) is 38.1 Å². The Morgan fingerprint density at radius 3 is 2.09 bits per heavy atom. The fourth-order valence-corrected chi connectivity index (χ4v) is 2.73. The molecule has 23 heavy (non-hydrogen) atoms. The number of nitrogens with one attached hydrogen (secondary N) is 1. The van der Waals surface area contributed by atoms with Gasteiger partial charge < -0.3 is 15.0 Å². The average Bonchev–Trinajstić information content (AvgIpc) is 2.45. The second-order valence-electron chi connectivity index (χ2n) is 7.25. The van der Waals surface area contributed by atoms with Crippen LogP contribution in [0, 0.1) is 0 Å². The van der Waals surface area contributed by atoms with Gasteiger partial charge in [0, 0.05) is 18.8 Å². The summed E-state index contributed by atoms with van der Waals surface area (Å²) in [7, 11) is 0. The number of carbonyl (C=O) groups is 2. The van der Waals surface area contributed by atoms with Gasteiger partial charge in [-0.05, 0) is 37.0 Å². The Labute approximate surface area is 138 Å². The van der Waals surface area contributed by atoms with Crippen molar-refractivity contribution in [3.63, 3.8) is 0 Å². The summed E-state index contributed by atoms with van der Waals surface area (Å²) in [5.41, 5.74) is 1.86. The molecular weight excluding hydrogens is 292 g/mol. The molecule has 1 aromatic carbocycles. The van der Waals surface area contributed by atoms with Crippen LogP contribution >= 0.6 is 0 Å². The number of rotatable bonds is 1. The zero-order chi connectivity index (χ0) is 17.2. The molecule has 2 amide bonds. The summed E-state index contributed by atoms with van der Waals surface area (Å²) in [6.45, 7) is 11.1. The molecule has 2 unspecified atom stereocenters. The molecule has 5 nitrogen and oxygen atoms in total. The molecule has 1 aliphatic rings.